The first kappa shape index (κ1) is 13.2. The molecule has 0 aromatic heterocycles. The van der Waals surface area contributed by atoms with Gasteiger partial charge < -0.3 is 14.6 Å². The fourth-order valence-electron chi connectivity index (χ4n) is 3.29. The Morgan fingerprint density at radius 1 is 1.20 bits per heavy atom. The molecule has 1 saturated carbocycles. The predicted octanol–water partition coefficient (Wildman–Crippen LogP) is 3.17. The van der Waals surface area contributed by atoms with Crippen LogP contribution in [0.4, 0.5) is 4.39 Å². The van der Waals surface area contributed by atoms with Crippen molar-refractivity contribution in [1.29, 1.82) is 0 Å². The Balaban J connectivity index is 2.13. The van der Waals surface area contributed by atoms with Crippen molar-refractivity contribution in [3.8, 4) is 11.5 Å². The third-order valence-corrected chi connectivity index (χ3v) is 4.37. The van der Waals surface area contributed by atoms with Crippen LogP contribution in [0.3, 0.4) is 0 Å². The van der Waals surface area contributed by atoms with E-state index in [2.05, 4.69) is 0 Å². The Hall–Kier alpha value is -1.78. The van der Waals surface area contributed by atoms with Gasteiger partial charge in [-0.15, -0.1) is 0 Å². The lowest BCUT2D eigenvalue weighted by Gasteiger charge is -2.35. The quantitative estimate of drug-likeness (QED) is 0.924. The lowest BCUT2D eigenvalue weighted by Crippen LogP contribution is -2.38. The normalized spacial score (nSPS) is 19.9. The van der Waals surface area contributed by atoms with E-state index in [0.29, 0.717) is 35.5 Å². The smallest absolute Gasteiger partial charge is 0.314 e. The monoisotopic (exact) mass is 280 g/mol. The predicted molar refractivity (Wildman–Crippen MR) is 69.8 cm³/mol. The van der Waals surface area contributed by atoms with Crippen molar-refractivity contribution in [2.45, 2.75) is 44.2 Å². The Morgan fingerprint density at radius 3 is 2.45 bits per heavy atom. The Morgan fingerprint density at radius 2 is 1.85 bits per heavy atom. The van der Waals surface area contributed by atoms with Crippen molar-refractivity contribution >= 4 is 5.97 Å². The number of carboxylic acid groups (broad SMARTS) is 1. The number of alkyl halides is 1. The summed E-state index contributed by atoms with van der Waals surface area (Å²) in [5.74, 6) is 0.145. The highest BCUT2D eigenvalue weighted by Crippen LogP contribution is 2.45. The number of fused-ring (bicyclic) bond motifs is 1. The second-order valence-corrected chi connectivity index (χ2v) is 5.44. The standard InChI is InChI=1S/C15H17FO4/c16-8-10-6-12-13(20-9-19-12)7-11(10)15(14(17)18)4-2-1-3-5-15/h6-7H,1-5,8-9H2,(H,17,18). The number of carboxylic acids is 1. The minimum Gasteiger partial charge on any atom is -0.481 e. The number of aliphatic carboxylic acids is 1. The third-order valence-electron chi connectivity index (χ3n) is 4.37. The number of hydrogen-bond acceptors (Lipinski definition) is 3. The van der Waals surface area contributed by atoms with Crippen molar-refractivity contribution in [1.82, 2.24) is 0 Å². The molecule has 0 bridgehead atoms. The fraction of sp³-hybridized carbons (Fsp3) is 0.533. The van der Waals surface area contributed by atoms with Crippen LogP contribution in [0.5, 0.6) is 11.5 Å². The molecule has 20 heavy (non-hydrogen) atoms. The van der Waals surface area contributed by atoms with Gasteiger partial charge in [0.05, 0.1) is 5.41 Å². The van der Waals surface area contributed by atoms with E-state index in [1.54, 1.807) is 12.1 Å². The van der Waals surface area contributed by atoms with Crippen molar-refractivity contribution in [3.63, 3.8) is 0 Å². The molecule has 2 aliphatic rings. The van der Waals surface area contributed by atoms with Gasteiger partial charge in [-0.1, -0.05) is 19.3 Å². The van der Waals surface area contributed by atoms with Gasteiger partial charge in [-0.3, -0.25) is 4.79 Å². The second kappa shape index (κ2) is 4.96. The zero-order chi connectivity index (χ0) is 14.2. The summed E-state index contributed by atoms with van der Waals surface area (Å²) in [5, 5.41) is 9.72. The summed E-state index contributed by atoms with van der Waals surface area (Å²) in [7, 11) is 0. The van der Waals surface area contributed by atoms with Gasteiger partial charge in [-0.25, -0.2) is 4.39 Å². The van der Waals surface area contributed by atoms with Crippen LogP contribution in [0, 0.1) is 0 Å². The van der Waals surface area contributed by atoms with Gasteiger partial charge in [0.2, 0.25) is 6.79 Å². The maximum Gasteiger partial charge on any atom is 0.314 e. The molecule has 0 spiro atoms. The molecule has 1 N–H and O–H groups in total. The van der Waals surface area contributed by atoms with E-state index in [-0.39, 0.29) is 6.79 Å². The van der Waals surface area contributed by atoms with Gasteiger partial charge >= 0.3 is 5.97 Å². The van der Waals surface area contributed by atoms with Gasteiger partial charge in [0, 0.05) is 0 Å². The van der Waals surface area contributed by atoms with Gasteiger partial charge in [-0.2, -0.15) is 0 Å². The lowest BCUT2D eigenvalue weighted by molar-refractivity contribution is -0.145. The van der Waals surface area contributed by atoms with E-state index >= 15 is 0 Å². The summed E-state index contributed by atoms with van der Waals surface area (Å²) < 4.78 is 23.9. The highest BCUT2D eigenvalue weighted by Gasteiger charge is 2.43. The van der Waals surface area contributed by atoms with Crippen LogP contribution in [0.1, 0.15) is 43.2 Å². The first-order valence-electron chi connectivity index (χ1n) is 6.90. The van der Waals surface area contributed by atoms with Crippen molar-refractivity contribution in [3.05, 3.63) is 23.3 Å². The van der Waals surface area contributed by atoms with E-state index in [4.69, 9.17) is 9.47 Å². The van der Waals surface area contributed by atoms with Crippen molar-refractivity contribution in [2.24, 2.45) is 0 Å². The van der Waals surface area contributed by atoms with E-state index in [1.165, 1.54) is 0 Å². The largest absolute Gasteiger partial charge is 0.481 e. The number of carbonyl (C=O) groups is 1. The number of rotatable bonds is 3. The molecule has 108 valence electrons. The van der Waals surface area contributed by atoms with Gasteiger partial charge in [0.25, 0.3) is 0 Å². The lowest BCUT2D eigenvalue weighted by atomic mass is 9.68. The zero-order valence-electron chi connectivity index (χ0n) is 11.2. The molecule has 1 fully saturated rings. The zero-order valence-corrected chi connectivity index (χ0v) is 11.2. The van der Waals surface area contributed by atoms with Crippen molar-refractivity contribution < 1.29 is 23.8 Å². The molecule has 1 heterocycles. The molecule has 1 aromatic carbocycles. The van der Waals surface area contributed by atoms with Crippen LogP contribution in [0.25, 0.3) is 0 Å². The van der Waals surface area contributed by atoms with Gasteiger partial charge in [0.15, 0.2) is 11.5 Å². The molecule has 1 aliphatic heterocycles. The fourth-order valence-corrected chi connectivity index (χ4v) is 3.29. The first-order valence-corrected chi connectivity index (χ1v) is 6.90. The van der Waals surface area contributed by atoms with Gasteiger partial charge in [0.1, 0.15) is 6.67 Å². The summed E-state index contributed by atoms with van der Waals surface area (Å²) in [4.78, 5) is 11.9. The Kier molecular flexibility index (Phi) is 3.28. The summed E-state index contributed by atoms with van der Waals surface area (Å²) in [6.07, 6.45) is 3.84. The number of benzene rings is 1. The van der Waals surface area contributed by atoms with E-state index < -0.39 is 18.1 Å². The van der Waals surface area contributed by atoms with E-state index in [9.17, 15) is 14.3 Å². The maximum atomic E-state index is 13.4. The molecule has 3 rings (SSSR count). The average Bonchev–Trinajstić information content (AvgIpc) is 2.93. The van der Waals surface area contributed by atoms with Crippen LogP contribution in [0.2, 0.25) is 0 Å². The third kappa shape index (κ3) is 1.92. The minimum atomic E-state index is -0.985. The Bertz CT molecular complexity index is 535. The molecule has 0 amide bonds. The van der Waals surface area contributed by atoms with Gasteiger partial charge in [-0.05, 0) is 36.1 Å². The number of ether oxygens (including phenoxy) is 2. The molecule has 0 saturated heterocycles. The second-order valence-electron chi connectivity index (χ2n) is 5.44. The van der Waals surface area contributed by atoms with E-state index in [0.717, 1.165) is 19.3 Å². The topological polar surface area (TPSA) is 55.8 Å². The highest BCUT2D eigenvalue weighted by atomic mass is 19.1. The molecule has 0 atom stereocenters. The van der Waals surface area contributed by atoms with Crippen molar-refractivity contribution in [2.75, 3.05) is 6.79 Å². The SMILES string of the molecule is O=C(O)C1(c2cc3c(cc2CF)OCO3)CCCCC1. The summed E-state index contributed by atoms with van der Waals surface area (Å²) >= 11 is 0. The van der Waals surface area contributed by atoms with Crippen LogP contribution in [-0.2, 0) is 16.9 Å². The average molecular weight is 280 g/mol. The Labute approximate surface area is 116 Å². The molecule has 0 radical (unpaired) electrons. The van der Waals surface area contributed by atoms with Crippen LogP contribution in [-0.4, -0.2) is 17.9 Å². The molecule has 0 unspecified atom stereocenters. The highest BCUT2D eigenvalue weighted by molar-refractivity contribution is 5.82. The molecule has 1 aromatic rings. The van der Waals surface area contributed by atoms with Crippen LogP contribution < -0.4 is 9.47 Å². The molecular formula is C15H17FO4. The van der Waals surface area contributed by atoms with Crippen LogP contribution in [0.15, 0.2) is 12.1 Å². The summed E-state index contributed by atoms with van der Waals surface area (Å²) in [6.45, 7) is -0.592. The summed E-state index contributed by atoms with van der Waals surface area (Å²) in [5.41, 5.74) is -0.0318. The maximum absolute atomic E-state index is 13.4. The summed E-state index contributed by atoms with van der Waals surface area (Å²) in [6, 6.07) is 3.24. The van der Waals surface area contributed by atoms with E-state index in [1.807, 2.05) is 0 Å². The molecular weight excluding hydrogens is 263 g/mol. The van der Waals surface area contributed by atoms with Crippen LogP contribution >= 0.6 is 0 Å². The molecule has 1 aliphatic carbocycles. The molecule has 5 heteroatoms. The first-order chi connectivity index (χ1) is 9.67. The number of halogens is 1. The number of hydrogen-bond donors (Lipinski definition) is 1. The molecule has 4 nitrogen and oxygen atoms in total. The minimum absolute atomic E-state index is 0.102.